The fourth-order valence-electron chi connectivity index (χ4n) is 1.39. The van der Waals surface area contributed by atoms with Gasteiger partial charge in [0.25, 0.3) is 0 Å². The van der Waals surface area contributed by atoms with Crippen LogP contribution in [0.2, 0.25) is 0 Å². The Balaban J connectivity index is 3.05. The normalized spacial score (nSPS) is 10.4. The lowest BCUT2D eigenvalue weighted by atomic mass is 10.2. The Morgan fingerprint density at radius 2 is 2.00 bits per heavy atom. The lowest BCUT2D eigenvalue weighted by Crippen LogP contribution is -2.36. The second kappa shape index (κ2) is 5.42. The van der Waals surface area contributed by atoms with Gasteiger partial charge in [0.05, 0.1) is 12.1 Å². The van der Waals surface area contributed by atoms with E-state index < -0.39 is 18.2 Å². The predicted molar refractivity (Wildman–Crippen MR) is 59.7 cm³/mol. The summed E-state index contributed by atoms with van der Waals surface area (Å²) >= 11 is 0. The molecule has 17 heavy (non-hydrogen) atoms. The van der Waals surface area contributed by atoms with Gasteiger partial charge in [0.15, 0.2) is 6.29 Å². The van der Waals surface area contributed by atoms with Crippen molar-refractivity contribution in [2.45, 2.75) is 13.2 Å². The Labute approximate surface area is 97.7 Å². The molecule has 1 aromatic carbocycles. The molecule has 1 aromatic rings. The molecule has 0 aromatic heterocycles. The van der Waals surface area contributed by atoms with Crippen LogP contribution < -0.4 is 4.90 Å². The molecule has 0 radical (unpaired) electrons. The van der Waals surface area contributed by atoms with Gasteiger partial charge in [-0.1, -0.05) is 6.07 Å². The zero-order chi connectivity index (χ0) is 13.0. The molecule has 6 nitrogen and oxygen atoms in total. The largest absolute Gasteiger partial charge is 0.478 e. The van der Waals surface area contributed by atoms with Gasteiger partial charge in [-0.2, -0.15) is 0 Å². The lowest BCUT2D eigenvalue weighted by Gasteiger charge is -2.22. The number of carboxylic acids is 1. The number of carboxylic acid groups (broad SMARTS) is 1. The Bertz CT molecular complexity index is 430. The molecule has 3 N–H and O–H groups in total. The zero-order valence-electron chi connectivity index (χ0n) is 9.20. The van der Waals surface area contributed by atoms with Crippen LogP contribution in [0.5, 0.6) is 0 Å². The van der Waals surface area contributed by atoms with Crippen molar-refractivity contribution in [2.75, 3.05) is 11.4 Å². The Kier molecular flexibility index (Phi) is 4.19. The average Bonchev–Trinajstić information content (AvgIpc) is 2.25. The van der Waals surface area contributed by atoms with E-state index in [0.29, 0.717) is 5.69 Å². The lowest BCUT2D eigenvalue weighted by molar-refractivity contribution is -0.118. The fraction of sp³-hybridized carbons (Fsp3) is 0.273. The smallest absolute Gasteiger partial charge is 0.335 e. The first-order valence-corrected chi connectivity index (χ1v) is 4.89. The van der Waals surface area contributed by atoms with E-state index in [1.54, 1.807) is 0 Å². The van der Waals surface area contributed by atoms with Gasteiger partial charge in [-0.25, -0.2) is 4.79 Å². The number of carbonyl (C=O) groups is 2. The van der Waals surface area contributed by atoms with Crippen molar-refractivity contribution in [3.05, 3.63) is 29.8 Å². The number of hydrogen-bond donors (Lipinski definition) is 3. The first kappa shape index (κ1) is 13.1. The summed E-state index contributed by atoms with van der Waals surface area (Å²) in [5.74, 6) is -1.51. The van der Waals surface area contributed by atoms with Crippen LogP contribution in [0.4, 0.5) is 5.69 Å². The van der Waals surface area contributed by atoms with Crippen molar-refractivity contribution in [1.29, 1.82) is 0 Å². The van der Waals surface area contributed by atoms with E-state index in [9.17, 15) is 9.59 Å². The SMILES string of the molecule is CC(=O)N(CC(O)O)c1cccc(C(=O)O)c1. The Hall–Kier alpha value is -1.92. The number of rotatable bonds is 4. The third kappa shape index (κ3) is 3.54. The van der Waals surface area contributed by atoms with Crippen LogP contribution in [0, 0.1) is 0 Å². The summed E-state index contributed by atoms with van der Waals surface area (Å²) in [7, 11) is 0. The minimum absolute atomic E-state index is 0.0289. The van der Waals surface area contributed by atoms with E-state index in [0.717, 1.165) is 4.90 Å². The molecule has 92 valence electrons. The summed E-state index contributed by atoms with van der Waals surface area (Å²) in [4.78, 5) is 23.2. The van der Waals surface area contributed by atoms with Crippen LogP contribution in [0.3, 0.4) is 0 Å². The summed E-state index contributed by atoms with van der Waals surface area (Å²) < 4.78 is 0. The van der Waals surface area contributed by atoms with Crippen LogP contribution in [0.15, 0.2) is 24.3 Å². The zero-order valence-corrected chi connectivity index (χ0v) is 9.20. The van der Waals surface area contributed by atoms with Crippen molar-refractivity contribution in [3.8, 4) is 0 Å². The number of nitrogens with zero attached hydrogens (tertiary/aromatic N) is 1. The first-order chi connectivity index (χ1) is 7.91. The third-order valence-corrected chi connectivity index (χ3v) is 2.13. The van der Waals surface area contributed by atoms with Crippen molar-refractivity contribution in [1.82, 2.24) is 0 Å². The standard InChI is InChI=1S/C11H13NO5/c1-7(13)12(6-10(14)15)9-4-2-3-8(5-9)11(16)17/h2-5,10,14-15H,6H2,1H3,(H,16,17). The van der Waals surface area contributed by atoms with Gasteiger partial charge in [0.1, 0.15) is 0 Å². The second-order valence-electron chi connectivity index (χ2n) is 3.47. The molecule has 0 heterocycles. The molecule has 6 heteroatoms. The van der Waals surface area contributed by atoms with E-state index in [1.807, 2.05) is 0 Å². The molecule has 0 atom stereocenters. The molecule has 0 saturated heterocycles. The number of aliphatic hydroxyl groups is 2. The minimum Gasteiger partial charge on any atom is -0.478 e. The third-order valence-electron chi connectivity index (χ3n) is 2.13. The van der Waals surface area contributed by atoms with E-state index in [4.69, 9.17) is 15.3 Å². The number of aromatic carboxylic acids is 1. The monoisotopic (exact) mass is 239 g/mol. The van der Waals surface area contributed by atoms with Gasteiger partial charge >= 0.3 is 5.97 Å². The molecule has 1 rings (SSSR count). The molecule has 0 saturated carbocycles. The molecule has 1 amide bonds. The highest BCUT2D eigenvalue weighted by Gasteiger charge is 2.15. The Morgan fingerprint density at radius 1 is 1.35 bits per heavy atom. The van der Waals surface area contributed by atoms with Crippen molar-refractivity contribution >= 4 is 17.6 Å². The van der Waals surface area contributed by atoms with Gasteiger partial charge < -0.3 is 20.2 Å². The number of anilines is 1. The van der Waals surface area contributed by atoms with Crippen LogP contribution in [0.25, 0.3) is 0 Å². The topological polar surface area (TPSA) is 98.1 Å². The van der Waals surface area contributed by atoms with Gasteiger partial charge in [0.2, 0.25) is 5.91 Å². The van der Waals surface area contributed by atoms with E-state index in [1.165, 1.54) is 31.2 Å². The highest BCUT2D eigenvalue weighted by Crippen LogP contribution is 2.16. The molecular formula is C11H13NO5. The maximum Gasteiger partial charge on any atom is 0.335 e. The Morgan fingerprint density at radius 3 is 2.47 bits per heavy atom. The quantitative estimate of drug-likeness (QED) is 0.645. The van der Waals surface area contributed by atoms with Crippen LogP contribution in [-0.2, 0) is 4.79 Å². The summed E-state index contributed by atoms with van der Waals surface area (Å²) in [6.45, 7) is 0.953. The van der Waals surface area contributed by atoms with E-state index in [-0.39, 0.29) is 12.1 Å². The molecule has 0 fully saturated rings. The molecule has 0 aliphatic carbocycles. The van der Waals surface area contributed by atoms with Crippen LogP contribution in [-0.4, -0.2) is 40.0 Å². The number of hydrogen-bond acceptors (Lipinski definition) is 4. The molecule has 0 unspecified atom stereocenters. The maximum atomic E-state index is 11.3. The van der Waals surface area contributed by atoms with E-state index in [2.05, 4.69) is 0 Å². The van der Waals surface area contributed by atoms with Crippen LogP contribution >= 0.6 is 0 Å². The number of carbonyl (C=O) groups excluding carboxylic acids is 1. The minimum atomic E-state index is -1.67. The summed E-state index contributed by atoms with van der Waals surface area (Å²) in [6.07, 6.45) is -1.67. The summed E-state index contributed by atoms with van der Waals surface area (Å²) in [5.41, 5.74) is 0.340. The predicted octanol–water partition coefficient (Wildman–Crippen LogP) is 0.0484. The van der Waals surface area contributed by atoms with Gasteiger partial charge in [-0.05, 0) is 18.2 Å². The fourth-order valence-corrected chi connectivity index (χ4v) is 1.39. The summed E-state index contributed by atoms with van der Waals surface area (Å²) in [6, 6.07) is 5.69. The van der Waals surface area contributed by atoms with Crippen molar-refractivity contribution in [2.24, 2.45) is 0 Å². The van der Waals surface area contributed by atoms with Gasteiger partial charge in [-0.15, -0.1) is 0 Å². The number of aliphatic hydroxyl groups excluding tert-OH is 1. The molecular weight excluding hydrogens is 226 g/mol. The van der Waals surface area contributed by atoms with Crippen molar-refractivity contribution < 1.29 is 24.9 Å². The number of benzene rings is 1. The van der Waals surface area contributed by atoms with E-state index >= 15 is 0 Å². The van der Waals surface area contributed by atoms with Gasteiger partial charge in [-0.3, -0.25) is 4.79 Å². The second-order valence-corrected chi connectivity index (χ2v) is 3.47. The van der Waals surface area contributed by atoms with Crippen molar-refractivity contribution in [3.63, 3.8) is 0 Å². The molecule has 0 aliphatic rings. The average molecular weight is 239 g/mol. The first-order valence-electron chi connectivity index (χ1n) is 4.89. The highest BCUT2D eigenvalue weighted by atomic mass is 16.5. The molecule has 0 aliphatic heterocycles. The van der Waals surface area contributed by atoms with Gasteiger partial charge in [0, 0.05) is 12.6 Å². The molecule has 0 bridgehead atoms. The van der Waals surface area contributed by atoms with Crippen LogP contribution in [0.1, 0.15) is 17.3 Å². The maximum absolute atomic E-state index is 11.3. The highest BCUT2D eigenvalue weighted by molar-refractivity contribution is 5.94. The number of amides is 1. The summed E-state index contributed by atoms with van der Waals surface area (Å²) in [5, 5.41) is 26.5. The molecule has 0 spiro atoms.